The van der Waals surface area contributed by atoms with Gasteiger partial charge in [0.2, 0.25) is 0 Å². The normalized spacial score (nSPS) is 17.6. The van der Waals surface area contributed by atoms with Gasteiger partial charge in [0.1, 0.15) is 11.5 Å². The molecule has 1 aromatic heterocycles. The number of benzene rings is 1. The zero-order valence-corrected chi connectivity index (χ0v) is 15.0. The van der Waals surface area contributed by atoms with Crippen molar-refractivity contribution < 1.29 is 14.1 Å². The summed E-state index contributed by atoms with van der Waals surface area (Å²) in [5.74, 6) is 1.43. The zero-order chi connectivity index (χ0) is 17.8. The van der Waals surface area contributed by atoms with Gasteiger partial charge in [-0.3, -0.25) is 9.69 Å². The maximum Gasteiger partial charge on any atom is 0.255 e. The summed E-state index contributed by atoms with van der Waals surface area (Å²) in [6.45, 7) is 8.94. The van der Waals surface area contributed by atoms with Crippen LogP contribution in [0.15, 0.2) is 28.8 Å². The van der Waals surface area contributed by atoms with Crippen LogP contribution in [0, 0.1) is 13.8 Å². The molecule has 1 saturated heterocycles. The van der Waals surface area contributed by atoms with Gasteiger partial charge in [-0.25, -0.2) is 0 Å². The van der Waals surface area contributed by atoms with E-state index in [0.29, 0.717) is 17.9 Å². The number of carbonyl (C=O) groups excluding carboxylic acids is 1. The van der Waals surface area contributed by atoms with Crippen LogP contribution >= 0.6 is 0 Å². The fraction of sp³-hybridized carbons (Fsp3) is 0.474. The summed E-state index contributed by atoms with van der Waals surface area (Å²) in [6, 6.07) is 7.51. The number of ether oxygens (including phenoxy) is 1. The molecule has 134 valence electrons. The quantitative estimate of drug-likeness (QED) is 0.873. The van der Waals surface area contributed by atoms with Crippen LogP contribution in [0.3, 0.4) is 0 Å². The Morgan fingerprint density at radius 3 is 2.92 bits per heavy atom. The van der Waals surface area contributed by atoms with Crippen molar-refractivity contribution in [3.63, 3.8) is 0 Å². The maximum atomic E-state index is 12.6. The highest BCUT2D eigenvalue weighted by Gasteiger charge is 2.26. The molecule has 0 radical (unpaired) electrons. The molecule has 0 spiro atoms. The van der Waals surface area contributed by atoms with Gasteiger partial charge < -0.3 is 14.6 Å². The molecule has 1 atom stereocenters. The van der Waals surface area contributed by atoms with Crippen LogP contribution in [-0.4, -0.2) is 41.7 Å². The first-order chi connectivity index (χ1) is 12.1. The van der Waals surface area contributed by atoms with Gasteiger partial charge in [-0.05, 0) is 39.3 Å². The molecule has 2 aromatic rings. The Bertz CT molecular complexity index is 722. The number of nitrogens with zero attached hydrogens (tertiary/aromatic N) is 2. The monoisotopic (exact) mass is 343 g/mol. The molecule has 6 nitrogen and oxygen atoms in total. The zero-order valence-electron chi connectivity index (χ0n) is 15.0. The van der Waals surface area contributed by atoms with Crippen molar-refractivity contribution in [3.05, 3.63) is 46.8 Å². The van der Waals surface area contributed by atoms with E-state index in [2.05, 4.69) is 15.4 Å². The van der Waals surface area contributed by atoms with Crippen molar-refractivity contribution in [3.8, 4) is 5.75 Å². The summed E-state index contributed by atoms with van der Waals surface area (Å²) in [5, 5.41) is 7.14. The number of aryl methyl sites for hydroxylation is 2. The minimum atomic E-state index is -0.0757. The number of carbonyl (C=O) groups is 1. The summed E-state index contributed by atoms with van der Waals surface area (Å²) in [4.78, 5) is 14.9. The first kappa shape index (κ1) is 17.5. The summed E-state index contributed by atoms with van der Waals surface area (Å²) in [5.41, 5.74) is 2.68. The lowest BCUT2D eigenvalue weighted by Gasteiger charge is -2.17. The Balaban J connectivity index is 1.59. The van der Waals surface area contributed by atoms with Gasteiger partial charge >= 0.3 is 0 Å². The molecule has 1 aliphatic rings. The van der Waals surface area contributed by atoms with Gasteiger partial charge in [-0.15, -0.1) is 0 Å². The van der Waals surface area contributed by atoms with Crippen molar-refractivity contribution >= 4 is 5.91 Å². The summed E-state index contributed by atoms with van der Waals surface area (Å²) < 4.78 is 10.8. The minimum absolute atomic E-state index is 0.0757. The van der Waals surface area contributed by atoms with E-state index in [-0.39, 0.29) is 11.9 Å². The van der Waals surface area contributed by atoms with Gasteiger partial charge in [0.15, 0.2) is 0 Å². The van der Waals surface area contributed by atoms with Gasteiger partial charge in [0, 0.05) is 31.2 Å². The van der Waals surface area contributed by atoms with Crippen LogP contribution in [0.2, 0.25) is 0 Å². The number of amides is 1. The Hall–Kier alpha value is -2.34. The number of likely N-dealkylation sites (tertiary alicyclic amines) is 1. The summed E-state index contributed by atoms with van der Waals surface area (Å²) in [6.07, 6.45) is 0.936. The second-order valence-electron chi connectivity index (χ2n) is 6.43. The molecular formula is C19H25N3O3. The molecule has 2 heterocycles. The molecule has 1 aliphatic heterocycles. The number of para-hydroxylation sites is 1. The molecule has 0 aliphatic carbocycles. The third kappa shape index (κ3) is 4.02. The third-order valence-corrected chi connectivity index (χ3v) is 4.60. The van der Waals surface area contributed by atoms with E-state index >= 15 is 0 Å². The van der Waals surface area contributed by atoms with Gasteiger partial charge in [-0.2, -0.15) is 0 Å². The molecule has 1 aromatic carbocycles. The highest BCUT2D eigenvalue weighted by Crippen LogP contribution is 2.21. The average molecular weight is 343 g/mol. The van der Waals surface area contributed by atoms with E-state index in [0.717, 1.165) is 43.1 Å². The molecule has 25 heavy (non-hydrogen) atoms. The smallest absolute Gasteiger partial charge is 0.255 e. The lowest BCUT2D eigenvalue weighted by Crippen LogP contribution is -2.37. The number of hydrogen-bond acceptors (Lipinski definition) is 5. The first-order valence-electron chi connectivity index (χ1n) is 8.75. The fourth-order valence-corrected chi connectivity index (χ4v) is 3.24. The molecule has 1 amide bonds. The predicted octanol–water partition coefficient (Wildman–Crippen LogP) is 2.69. The lowest BCUT2D eigenvalue weighted by molar-refractivity contribution is 0.0934. The molecule has 0 saturated carbocycles. The molecule has 1 N–H and O–H groups in total. The Labute approximate surface area is 148 Å². The van der Waals surface area contributed by atoms with E-state index in [1.54, 1.807) is 6.07 Å². The first-order valence-corrected chi connectivity index (χ1v) is 8.75. The SMILES string of the molecule is CCOc1ccccc1C(=O)NC1CCN(Cc2c(C)noc2C)C1. The van der Waals surface area contributed by atoms with E-state index < -0.39 is 0 Å². The van der Waals surface area contributed by atoms with Crippen molar-refractivity contribution in [2.24, 2.45) is 0 Å². The summed E-state index contributed by atoms with van der Waals surface area (Å²) in [7, 11) is 0. The highest BCUT2D eigenvalue weighted by molar-refractivity contribution is 5.97. The maximum absolute atomic E-state index is 12.6. The topological polar surface area (TPSA) is 67.6 Å². The van der Waals surface area contributed by atoms with Crippen LogP contribution in [0.25, 0.3) is 0 Å². The largest absolute Gasteiger partial charge is 0.493 e. The number of nitrogens with one attached hydrogen (secondary N) is 1. The van der Waals surface area contributed by atoms with Crippen molar-refractivity contribution in [2.45, 2.75) is 39.8 Å². The van der Waals surface area contributed by atoms with Crippen LogP contribution in [0.4, 0.5) is 0 Å². The van der Waals surface area contributed by atoms with Crippen molar-refractivity contribution in [1.29, 1.82) is 0 Å². The Morgan fingerprint density at radius 2 is 2.20 bits per heavy atom. The number of hydrogen-bond donors (Lipinski definition) is 1. The number of rotatable bonds is 6. The summed E-state index contributed by atoms with van der Waals surface area (Å²) >= 11 is 0. The van der Waals surface area contributed by atoms with Crippen LogP contribution < -0.4 is 10.1 Å². The molecule has 6 heteroatoms. The van der Waals surface area contributed by atoms with E-state index in [9.17, 15) is 4.79 Å². The molecular weight excluding hydrogens is 318 g/mol. The van der Waals surface area contributed by atoms with Gasteiger partial charge in [-0.1, -0.05) is 17.3 Å². The molecule has 0 bridgehead atoms. The average Bonchev–Trinajstić information content (AvgIpc) is 3.17. The van der Waals surface area contributed by atoms with Crippen LogP contribution in [0.1, 0.15) is 40.7 Å². The standard InChI is InChI=1S/C19H25N3O3/c1-4-24-18-8-6-5-7-16(18)19(23)20-15-9-10-22(11-15)12-17-13(2)21-25-14(17)3/h5-8,15H,4,9-12H2,1-3H3,(H,20,23). The Morgan fingerprint density at radius 1 is 1.40 bits per heavy atom. The fourth-order valence-electron chi connectivity index (χ4n) is 3.24. The van der Waals surface area contributed by atoms with Gasteiger partial charge in [0.25, 0.3) is 5.91 Å². The van der Waals surface area contributed by atoms with Crippen molar-refractivity contribution in [2.75, 3.05) is 19.7 Å². The minimum Gasteiger partial charge on any atom is -0.493 e. The molecule has 1 fully saturated rings. The Kier molecular flexibility index (Phi) is 5.38. The lowest BCUT2D eigenvalue weighted by atomic mass is 10.1. The third-order valence-electron chi connectivity index (χ3n) is 4.60. The number of aromatic nitrogens is 1. The van der Waals surface area contributed by atoms with Gasteiger partial charge in [0.05, 0.1) is 17.9 Å². The van der Waals surface area contributed by atoms with Crippen molar-refractivity contribution in [1.82, 2.24) is 15.4 Å². The molecule has 1 unspecified atom stereocenters. The van der Waals surface area contributed by atoms with Crippen LogP contribution in [-0.2, 0) is 6.54 Å². The predicted molar refractivity (Wildman–Crippen MR) is 94.7 cm³/mol. The second kappa shape index (κ2) is 7.70. The van der Waals surface area contributed by atoms with Crippen LogP contribution in [0.5, 0.6) is 5.75 Å². The van der Waals surface area contributed by atoms with E-state index in [1.165, 1.54) is 0 Å². The highest BCUT2D eigenvalue weighted by atomic mass is 16.5. The van der Waals surface area contributed by atoms with E-state index in [1.807, 2.05) is 39.0 Å². The van der Waals surface area contributed by atoms with E-state index in [4.69, 9.17) is 9.26 Å². The molecule has 3 rings (SSSR count). The second-order valence-corrected chi connectivity index (χ2v) is 6.43.